The fourth-order valence-electron chi connectivity index (χ4n) is 0.632. The summed E-state index contributed by atoms with van der Waals surface area (Å²) in [7, 11) is 0. The predicted molar refractivity (Wildman–Crippen MR) is 53.1 cm³/mol. The van der Waals surface area contributed by atoms with Crippen LogP contribution in [0.3, 0.4) is 0 Å². The van der Waals surface area contributed by atoms with E-state index in [1.165, 1.54) is 0 Å². The van der Waals surface area contributed by atoms with Crippen LogP contribution in [0.2, 0.25) is 0 Å². The lowest BCUT2D eigenvalue weighted by molar-refractivity contribution is -0.131. The quantitative estimate of drug-likeness (QED) is 0.340. The molecule has 0 heterocycles. The average molecular weight is 212 g/mol. The molecular formula is C9H12N2O4. The number of hydrogen-bond acceptors (Lipinski definition) is 3. The summed E-state index contributed by atoms with van der Waals surface area (Å²) in [4.78, 5) is 31.8. The summed E-state index contributed by atoms with van der Waals surface area (Å²) in [6.45, 7) is 3.82. The molecule has 3 amide bonds. The zero-order valence-electron chi connectivity index (χ0n) is 8.03. The van der Waals surface area contributed by atoms with Gasteiger partial charge in [0.1, 0.15) is 0 Å². The van der Waals surface area contributed by atoms with E-state index in [0.717, 1.165) is 6.08 Å². The van der Waals surface area contributed by atoms with Gasteiger partial charge in [-0.25, -0.2) is 9.59 Å². The minimum absolute atomic E-state index is 0.366. The van der Waals surface area contributed by atoms with Crippen molar-refractivity contribution < 1.29 is 19.5 Å². The highest BCUT2D eigenvalue weighted by Gasteiger charge is 2.03. The zero-order chi connectivity index (χ0) is 11.7. The Balaban J connectivity index is 3.81. The van der Waals surface area contributed by atoms with E-state index in [-0.39, 0.29) is 0 Å². The van der Waals surface area contributed by atoms with Gasteiger partial charge in [0, 0.05) is 18.7 Å². The Morgan fingerprint density at radius 2 is 1.93 bits per heavy atom. The Morgan fingerprint density at radius 1 is 1.27 bits per heavy atom. The van der Waals surface area contributed by atoms with Gasteiger partial charge in [-0.1, -0.05) is 6.08 Å². The summed E-state index contributed by atoms with van der Waals surface area (Å²) >= 11 is 0. The molecule has 0 aliphatic heterocycles. The maximum absolute atomic E-state index is 10.9. The summed E-state index contributed by atoms with van der Waals surface area (Å²) in [6.07, 6.45) is 3.61. The molecular weight excluding hydrogens is 200 g/mol. The normalized spacial score (nSPS) is 9.60. The Kier molecular flexibility index (Phi) is 6.28. The number of imide groups is 1. The zero-order valence-corrected chi connectivity index (χ0v) is 8.03. The van der Waals surface area contributed by atoms with Crippen LogP contribution in [-0.2, 0) is 9.59 Å². The number of aliphatic carboxylic acids is 1. The van der Waals surface area contributed by atoms with Gasteiger partial charge in [0.05, 0.1) is 0 Å². The summed E-state index contributed by atoms with van der Waals surface area (Å²) in [5.41, 5.74) is 0. The third-order valence-corrected chi connectivity index (χ3v) is 1.25. The number of hydrogen-bond donors (Lipinski definition) is 3. The fraction of sp³-hybridized carbons (Fsp3) is 0.222. The maximum atomic E-state index is 10.9. The van der Waals surface area contributed by atoms with E-state index in [4.69, 9.17) is 5.11 Å². The molecule has 82 valence electrons. The van der Waals surface area contributed by atoms with Crippen molar-refractivity contribution in [1.82, 2.24) is 10.6 Å². The number of amides is 3. The second-order valence-electron chi connectivity index (χ2n) is 2.49. The first-order chi connectivity index (χ1) is 7.06. The largest absolute Gasteiger partial charge is 0.478 e. The highest BCUT2D eigenvalue weighted by atomic mass is 16.4. The lowest BCUT2D eigenvalue weighted by Crippen LogP contribution is -2.39. The van der Waals surface area contributed by atoms with Crippen LogP contribution in [0.15, 0.2) is 24.8 Å². The lowest BCUT2D eigenvalue weighted by Gasteiger charge is -2.02. The van der Waals surface area contributed by atoms with Crippen LogP contribution in [0.25, 0.3) is 0 Å². The van der Waals surface area contributed by atoms with Crippen molar-refractivity contribution in [3.8, 4) is 0 Å². The van der Waals surface area contributed by atoms with Crippen molar-refractivity contribution in [3.05, 3.63) is 24.8 Å². The topological polar surface area (TPSA) is 95.5 Å². The molecule has 0 atom stereocenters. The second-order valence-corrected chi connectivity index (χ2v) is 2.49. The number of carbonyl (C=O) groups is 3. The number of carboxylic acid groups (broad SMARTS) is 1. The Morgan fingerprint density at radius 3 is 2.47 bits per heavy atom. The number of rotatable bonds is 5. The molecule has 3 N–H and O–H groups in total. The number of urea groups is 1. The van der Waals surface area contributed by atoms with Gasteiger partial charge >= 0.3 is 12.0 Å². The molecule has 6 heteroatoms. The van der Waals surface area contributed by atoms with Crippen LogP contribution in [0, 0.1) is 0 Å². The van der Waals surface area contributed by atoms with Gasteiger partial charge in [-0.2, -0.15) is 0 Å². The van der Waals surface area contributed by atoms with E-state index in [9.17, 15) is 14.4 Å². The molecule has 0 aromatic carbocycles. The van der Waals surface area contributed by atoms with Gasteiger partial charge in [-0.05, 0) is 6.42 Å². The van der Waals surface area contributed by atoms with Crippen LogP contribution in [0.4, 0.5) is 4.79 Å². The smallest absolute Gasteiger partial charge is 0.328 e. The molecule has 0 aromatic rings. The molecule has 0 saturated carbocycles. The van der Waals surface area contributed by atoms with E-state index in [1.54, 1.807) is 6.08 Å². The average Bonchev–Trinajstić information content (AvgIpc) is 2.15. The molecule has 0 aliphatic rings. The molecule has 0 saturated heterocycles. The van der Waals surface area contributed by atoms with E-state index < -0.39 is 17.9 Å². The van der Waals surface area contributed by atoms with Crippen LogP contribution in [0.5, 0.6) is 0 Å². The van der Waals surface area contributed by atoms with Crippen molar-refractivity contribution in [1.29, 1.82) is 0 Å². The second kappa shape index (κ2) is 7.31. The Bertz CT molecular complexity index is 296. The van der Waals surface area contributed by atoms with Crippen LogP contribution >= 0.6 is 0 Å². The van der Waals surface area contributed by atoms with Crippen LogP contribution in [0.1, 0.15) is 6.42 Å². The van der Waals surface area contributed by atoms with E-state index in [2.05, 4.69) is 11.9 Å². The van der Waals surface area contributed by atoms with Crippen molar-refractivity contribution in [2.75, 3.05) is 6.54 Å². The van der Waals surface area contributed by atoms with Gasteiger partial charge in [0.25, 0.3) is 5.91 Å². The maximum Gasteiger partial charge on any atom is 0.328 e. The van der Waals surface area contributed by atoms with Crippen LogP contribution in [-0.4, -0.2) is 29.6 Å². The highest BCUT2D eigenvalue weighted by molar-refractivity contribution is 6.02. The summed E-state index contributed by atoms with van der Waals surface area (Å²) in [5, 5.41) is 12.5. The van der Waals surface area contributed by atoms with E-state index in [0.29, 0.717) is 19.0 Å². The van der Waals surface area contributed by atoms with Crippen LogP contribution < -0.4 is 10.6 Å². The van der Waals surface area contributed by atoms with E-state index in [1.807, 2.05) is 5.32 Å². The highest BCUT2D eigenvalue weighted by Crippen LogP contribution is 1.77. The summed E-state index contributed by atoms with van der Waals surface area (Å²) in [5.74, 6) is -2.04. The van der Waals surface area contributed by atoms with Gasteiger partial charge in [0.2, 0.25) is 0 Å². The molecule has 0 rings (SSSR count). The van der Waals surface area contributed by atoms with Gasteiger partial charge in [-0.3, -0.25) is 10.1 Å². The molecule has 0 unspecified atom stereocenters. The van der Waals surface area contributed by atoms with Crippen molar-refractivity contribution in [2.45, 2.75) is 6.42 Å². The molecule has 6 nitrogen and oxygen atoms in total. The number of nitrogens with one attached hydrogen (secondary N) is 2. The molecule has 0 radical (unpaired) electrons. The van der Waals surface area contributed by atoms with Crippen molar-refractivity contribution in [3.63, 3.8) is 0 Å². The number of carbonyl (C=O) groups excluding carboxylic acids is 2. The summed E-state index contributed by atoms with van der Waals surface area (Å²) < 4.78 is 0. The lowest BCUT2D eigenvalue weighted by atomic mass is 10.4. The monoisotopic (exact) mass is 212 g/mol. The SMILES string of the molecule is C=CCCNC(=O)NC(=O)/C=C/C(=O)O. The van der Waals surface area contributed by atoms with Gasteiger partial charge in [0.15, 0.2) is 0 Å². The first-order valence-corrected chi connectivity index (χ1v) is 4.17. The Labute approximate surface area is 86.7 Å². The van der Waals surface area contributed by atoms with Gasteiger partial charge < -0.3 is 10.4 Å². The summed E-state index contributed by atoms with van der Waals surface area (Å²) in [6, 6.07) is -0.670. The minimum atomic E-state index is -1.25. The predicted octanol–water partition coefficient (Wildman–Crippen LogP) is 0.0291. The Hall–Kier alpha value is -2.11. The molecule has 15 heavy (non-hydrogen) atoms. The molecule has 0 fully saturated rings. The van der Waals surface area contributed by atoms with Crippen molar-refractivity contribution in [2.24, 2.45) is 0 Å². The first-order valence-electron chi connectivity index (χ1n) is 4.17. The number of carboxylic acids is 1. The minimum Gasteiger partial charge on any atom is -0.478 e. The third-order valence-electron chi connectivity index (χ3n) is 1.25. The third kappa shape index (κ3) is 8.23. The molecule has 0 aromatic heterocycles. The molecule has 0 bridgehead atoms. The fourth-order valence-corrected chi connectivity index (χ4v) is 0.632. The molecule has 0 spiro atoms. The standard InChI is InChI=1S/C9H12N2O4/c1-2-3-6-10-9(15)11-7(12)4-5-8(13)14/h2,4-5H,1,3,6H2,(H,13,14)(H2,10,11,12,15)/b5-4+. The van der Waals surface area contributed by atoms with Gasteiger partial charge in [-0.15, -0.1) is 6.58 Å². The van der Waals surface area contributed by atoms with E-state index >= 15 is 0 Å². The molecule has 0 aliphatic carbocycles. The first kappa shape index (κ1) is 12.9. The van der Waals surface area contributed by atoms with Crippen molar-refractivity contribution >= 4 is 17.9 Å².